The number of rotatable bonds is 6. The lowest BCUT2D eigenvalue weighted by molar-refractivity contribution is 0.581. The lowest BCUT2D eigenvalue weighted by Gasteiger charge is -2.11. The molecule has 0 spiro atoms. The highest BCUT2D eigenvalue weighted by Gasteiger charge is 2.16. The highest BCUT2D eigenvalue weighted by Crippen LogP contribution is 2.20. The molecule has 3 N–H and O–H groups in total. The Morgan fingerprint density at radius 2 is 2.17 bits per heavy atom. The fourth-order valence-corrected chi connectivity index (χ4v) is 3.00. The van der Waals surface area contributed by atoms with Crippen LogP contribution in [0.25, 0.3) is 0 Å². The minimum absolute atomic E-state index is 0.195. The molecule has 0 amide bonds. The molecule has 0 saturated carbocycles. The standard InChI is InChI=1S/C11H17ClN2O2S2/c1-8(17-2)7-14-18(15,16)10-3-4-11(12)9(5-10)6-13/h3-5,8,14H,6-7,13H2,1-2H3. The summed E-state index contributed by atoms with van der Waals surface area (Å²) in [5, 5.41) is 0.704. The fraction of sp³-hybridized carbons (Fsp3) is 0.455. The number of thioether (sulfide) groups is 1. The van der Waals surface area contributed by atoms with Crippen LogP contribution in [0.1, 0.15) is 12.5 Å². The molecule has 1 aromatic rings. The lowest BCUT2D eigenvalue weighted by atomic mass is 10.2. The zero-order chi connectivity index (χ0) is 13.8. The zero-order valence-electron chi connectivity index (χ0n) is 10.3. The van der Waals surface area contributed by atoms with Gasteiger partial charge < -0.3 is 5.73 Å². The molecule has 0 aliphatic heterocycles. The topological polar surface area (TPSA) is 72.2 Å². The average molecular weight is 309 g/mol. The monoisotopic (exact) mass is 308 g/mol. The van der Waals surface area contributed by atoms with E-state index in [0.717, 1.165) is 0 Å². The molecular weight excluding hydrogens is 292 g/mol. The number of nitrogens with two attached hydrogens (primary N) is 1. The molecule has 1 atom stereocenters. The summed E-state index contributed by atoms with van der Waals surface area (Å²) in [6.45, 7) is 2.56. The van der Waals surface area contributed by atoms with Crippen LogP contribution in [0.3, 0.4) is 0 Å². The molecule has 1 rings (SSSR count). The minimum atomic E-state index is -3.49. The van der Waals surface area contributed by atoms with Gasteiger partial charge in [0.1, 0.15) is 0 Å². The van der Waals surface area contributed by atoms with Crippen molar-refractivity contribution in [1.29, 1.82) is 0 Å². The van der Waals surface area contributed by atoms with Crippen LogP contribution in [0.4, 0.5) is 0 Å². The first-order chi connectivity index (χ1) is 8.40. The van der Waals surface area contributed by atoms with E-state index in [9.17, 15) is 8.42 Å². The van der Waals surface area contributed by atoms with Crippen LogP contribution in [-0.2, 0) is 16.6 Å². The second kappa shape index (κ2) is 6.77. The quantitative estimate of drug-likeness (QED) is 0.841. The summed E-state index contributed by atoms with van der Waals surface area (Å²) in [6.07, 6.45) is 1.94. The Morgan fingerprint density at radius 3 is 2.72 bits per heavy atom. The molecular formula is C11H17ClN2O2S2. The number of nitrogens with one attached hydrogen (secondary N) is 1. The van der Waals surface area contributed by atoms with Crippen LogP contribution in [0, 0.1) is 0 Å². The van der Waals surface area contributed by atoms with E-state index >= 15 is 0 Å². The molecule has 102 valence electrons. The molecule has 0 bridgehead atoms. The van der Waals surface area contributed by atoms with Crippen molar-refractivity contribution in [2.24, 2.45) is 5.73 Å². The van der Waals surface area contributed by atoms with E-state index < -0.39 is 10.0 Å². The Labute approximate surface area is 117 Å². The molecule has 0 aromatic heterocycles. The van der Waals surface area contributed by atoms with Crippen LogP contribution in [0.5, 0.6) is 0 Å². The SMILES string of the molecule is CSC(C)CNS(=O)(=O)c1ccc(Cl)c(CN)c1. The van der Waals surface area contributed by atoms with Crippen molar-refractivity contribution in [3.05, 3.63) is 28.8 Å². The number of hydrogen-bond acceptors (Lipinski definition) is 4. The summed E-state index contributed by atoms with van der Waals surface area (Å²) >= 11 is 7.50. The Balaban J connectivity index is 2.91. The smallest absolute Gasteiger partial charge is 0.240 e. The highest BCUT2D eigenvalue weighted by atomic mass is 35.5. The van der Waals surface area contributed by atoms with Crippen molar-refractivity contribution in [3.8, 4) is 0 Å². The predicted molar refractivity (Wildman–Crippen MR) is 77.5 cm³/mol. The Morgan fingerprint density at radius 1 is 1.50 bits per heavy atom. The largest absolute Gasteiger partial charge is 0.326 e. The minimum Gasteiger partial charge on any atom is -0.326 e. The van der Waals surface area contributed by atoms with Gasteiger partial charge in [0, 0.05) is 23.4 Å². The van der Waals surface area contributed by atoms with Gasteiger partial charge in [-0.15, -0.1) is 0 Å². The van der Waals surface area contributed by atoms with Gasteiger partial charge in [-0.2, -0.15) is 11.8 Å². The summed E-state index contributed by atoms with van der Waals surface area (Å²) in [6, 6.07) is 4.54. The van der Waals surface area contributed by atoms with Crippen molar-refractivity contribution < 1.29 is 8.42 Å². The normalized spacial score (nSPS) is 13.6. The molecule has 1 unspecified atom stereocenters. The van der Waals surface area contributed by atoms with Crippen molar-refractivity contribution in [2.45, 2.75) is 23.6 Å². The van der Waals surface area contributed by atoms with Crippen LogP contribution in [0.2, 0.25) is 5.02 Å². The summed E-state index contributed by atoms with van der Waals surface area (Å²) < 4.78 is 26.6. The van der Waals surface area contributed by atoms with Crippen LogP contribution >= 0.6 is 23.4 Å². The Hall–Kier alpha value is -0.270. The molecule has 0 aliphatic carbocycles. The summed E-state index contributed by atoms with van der Waals surface area (Å²) in [7, 11) is -3.49. The van der Waals surface area contributed by atoms with Crippen molar-refractivity contribution in [3.63, 3.8) is 0 Å². The third kappa shape index (κ3) is 4.13. The van der Waals surface area contributed by atoms with E-state index in [2.05, 4.69) is 4.72 Å². The molecule has 4 nitrogen and oxygen atoms in total. The van der Waals surface area contributed by atoms with Crippen LogP contribution < -0.4 is 10.5 Å². The number of sulfonamides is 1. The fourth-order valence-electron chi connectivity index (χ4n) is 1.27. The van der Waals surface area contributed by atoms with Gasteiger partial charge in [-0.25, -0.2) is 13.1 Å². The van der Waals surface area contributed by atoms with E-state index in [1.165, 1.54) is 12.1 Å². The molecule has 7 heteroatoms. The maximum Gasteiger partial charge on any atom is 0.240 e. The first-order valence-corrected chi connectivity index (χ1v) is 8.56. The van der Waals surface area contributed by atoms with Gasteiger partial charge in [0.2, 0.25) is 10.0 Å². The molecule has 0 radical (unpaired) electrons. The van der Waals surface area contributed by atoms with E-state index in [1.54, 1.807) is 17.8 Å². The maximum absolute atomic E-state index is 12.0. The predicted octanol–water partition coefficient (Wildman–Crippen LogP) is 1.83. The second-order valence-corrected chi connectivity index (χ2v) is 7.31. The molecule has 1 aromatic carbocycles. The average Bonchev–Trinajstić information content (AvgIpc) is 2.36. The molecule has 18 heavy (non-hydrogen) atoms. The first kappa shape index (κ1) is 15.8. The molecule has 0 heterocycles. The lowest BCUT2D eigenvalue weighted by Crippen LogP contribution is -2.29. The van der Waals surface area contributed by atoms with E-state index in [-0.39, 0.29) is 16.7 Å². The van der Waals surface area contributed by atoms with Gasteiger partial charge in [-0.05, 0) is 30.0 Å². The van der Waals surface area contributed by atoms with Gasteiger partial charge in [0.15, 0.2) is 0 Å². The van der Waals surface area contributed by atoms with Crippen LogP contribution in [0.15, 0.2) is 23.1 Å². The summed E-state index contributed by atoms with van der Waals surface area (Å²) in [5.41, 5.74) is 6.13. The maximum atomic E-state index is 12.0. The van der Waals surface area contributed by atoms with E-state index in [4.69, 9.17) is 17.3 Å². The van der Waals surface area contributed by atoms with Crippen molar-refractivity contribution >= 4 is 33.4 Å². The Bertz CT molecular complexity index is 506. The highest BCUT2D eigenvalue weighted by molar-refractivity contribution is 7.99. The third-order valence-electron chi connectivity index (χ3n) is 2.51. The second-order valence-electron chi connectivity index (χ2n) is 3.86. The number of hydrogen-bond donors (Lipinski definition) is 2. The van der Waals surface area contributed by atoms with E-state index in [0.29, 0.717) is 17.1 Å². The van der Waals surface area contributed by atoms with Gasteiger partial charge >= 0.3 is 0 Å². The van der Waals surface area contributed by atoms with Gasteiger partial charge in [0.05, 0.1) is 4.90 Å². The van der Waals surface area contributed by atoms with Gasteiger partial charge in [-0.1, -0.05) is 18.5 Å². The van der Waals surface area contributed by atoms with Crippen molar-refractivity contribution in [1.82, 2.24) is 4.72 Å². The number of benzene rings is 1. The third-order valence-corrected chi connectivity index (χ3v) is 5.27. The first-order valence-electron chi connectivity index (χ1n) is 5.41. The Kier molecular flexibility index (Phi) is 5.94. The van der Waals surface area contributed by atoms with Crippen LogP contribution in [-0.4, -0.2) is 26.5 Å². The molecule has 0 aliphatic rings. The van der Waals surface area contributed by atoms with Gasteiger partial charge in [-0.3, -0.25) is 0 Å². The molecule has 0 fully saturated rings. The van der Waals surface area contributed by atoms with Crippen molar-refractivity contribution in [2.75, 3.05) is 12.8 Å². The van der Waals surface area contributed by atoms with Gasteiger partial charge in [0.25, 0.3) is 0 Å². The number of halogens is 1. The van der Waals surface area contributed by atoms with E-state index in [1.807, 2.05) is 13.2 Å². The summed E-state index contributed by atoms with van der Waals surface area (Å²) in [4.78, 5) is 0.195. The zero-order valence-corrected chi connectivity index (χ0v) is 12.7. The molecule has 0 saturated heterocycles. The summed E-state index contributed by atoms with van der Waals surface area (Å²) in [5.74, 6) is 0.